The molecule has 0 aliphatic carbocycles. The molecule has 0 saturated heterocycles. The normalized spacial score (nSPS) is 16.5. The quantitative estimate of drug-likeness (QED) is 0.708. The number of amides is 1. The number of benzene rings is 2. The second-order valence-corrected chi connectivity index (χ2v) is 6.83. The van der Waals surface area contributed by atoms with Crippen molar-refractivity contribution in [2.45, 2.75) is 25.6 Å². The Labute approximate surface area is 163 Å². The van der Waals surface area contributed by atoms with Gasteiger partial charge in [0.25, 0.3) is 0 Å². The van der Waals surface area contributed by atoms with Crippen molar-refractivity contribution >= 4 is 5.91 Å². The minimum Gasteiger partial charge on any atom is -0.497 e. The standard InChI is InChI=1S/C21H22N5O2/c1-28-17-8-6-15(7-9-17)12-26-19(23-14-24-26)13-25-11-10-16-4-2-3-5-18(16)20(25)21(22)27/h3-9,14,20H,10-13H2,1H3,(H2,22,27). The lowest BCUT2D eigenvalue weighted by Gasteiger charge is -2.35. The van der Waals surface area contributed by atoms with Crippen LogP contribution in [0.1, 0.15) is 28.6 Å². The van der Waals surface area contributed by atoms with Crippen molar-refractivity contribution in [1.82, 2.24) is 19.7 Å². The second-order valence-electron chi connectivity index (χ2n) is 6.83. The minimum absolute atomic E-state index is 0.353. The number of carbonyl (C=O) groups is 1. The monoisotopic (exact) mass is 376 g/mol. The van der Waals surface area contributed by atoms with Gasteiger partial charge >= 0.3 is 0 Å². The van der Waals surface area contributed by atoms with Crippen molar-refractivity contribution in [3.63, 3.8) is 0 Å². The summed E-state index contributed by atoms with van der Waals surface area (Å²) in [7, 11) is 1.65. The van der Waals surface area contributed by atoms with E-state index in [2.05, 4.69) is 21.0 Å². The highest BCUT2D eigenvalue weighted by Gasteiger charge is 2.32. The fourth-order valence-corrected chi connectivity index (χ4v) is 3.68. The number of nitrogens with two attached hydrogens (primary N) is 1. The molecule has 2 heterocycles. The van der Waals surface area contributed by atoms with Crippen LogP contribution >= 0.6 is 0 Å². The molecule has 7 heteroatoms. The van der Waals surface area contributed by atoms with Crippen LogP contribution in [0.4, 0.5) is 0 Å². The summed E-state index contributed by atoms with van der Waals surface area (Å²) >= 11 is 0. The van der Waals surface area contributed by atoms with Gasteiger partial charge < -0.3 is 10.5 Å². The van der Waals surface area contributed by atoms with E-state index in [0.717, 1.165) is 41.2 Å². The summed E-state index contributed by atoms with van der Waals surface area (Å²) < 4.78 is 7.06. The van der Waals surface area contributed by atoms with Crippen molar-refractivity contribution < 1.29 is 9.53 Å². The van der Waals surface area contributed by atoms with E-state index in [1.807, 2.05) is 47.1 Å². The Morgan fingerprint density at radius 2 is 2.11 bits per heavy atom. The molecule has 1 aliphatic rings. The smallest absolute Gasteiger partial charge is 0.239 e. The molecule has 0 saturated carbocycles. The van der Waals surface area contributed by atoms with Crippen molar-refractivity contribution in [3.05, 3.63) is 77.4 Å². The van der Waals surface area contributed by atoms with Crippen LogP contribution in [-0.4, -0.2) is 39.2 Å². The summed E-state index contributed by atoms with van der Waals surface area (Å²) in [6, 6.07) is 16.2. The summed E-state index contributed by atoms with van der Waals surface area (Å²) in [5.74, 6) is 1.26. The molecule has 7 nitrogen and oxygen atoms in total. The maximum Gasteiger partial charge on any atom is 0.239 e. The van der Waals surface area contributed by atoms with Crippen LogP contribution in [0.3, 0.4) is 0 Å². The van der Waals surface area contributed by atoms with E-state index < -0.39 is 6.04 Å². The van der Waals surface area contributed by atoms with E-state index >= 15 is 0 Å². The van der Waals surface area contributed by atoms with E-state index in [9.17, 15) is 4.79 Å². The minimum atomic E-state index is -0.468. The first-order valence-electron chi connectivity index (χ1n) is 9.17. The number of fused-ring (bicyclic) bond motifs is 1. The Balaban J connectivity index is 1.54. The summed E-state index contributed by atoms with van der Waals surface area (Å²) in [5, 5.41) is 4.36. The van der Waals surface area contributed by atoms with Gasteiger partial charge in [-0.05, 0) is 41.3 Å². The van der Waals surface area contributed by atoms with E-state index in [0.29, 0.717) is 13.1 Å². The maximum atomic E-state index is 12.2. The van der Waals surface area contributed by atoms with Gasteiger partial charge in [0.1, 0.15) is 23.9 Å². The molecule has 1 amide bonds. The molecule has 0 bridgehead atoms. The number of hydrogen-bond donors (Lipinski definition) is 1. The number of hydrogen-bond acceptors (Lipinski definition) is 5. The zero-order valence-corrected chi connectivity index (χ0v) is 15.7. The topological polar surface area (TPSA) is 86.3 Å². The molecule has 28 heavy (non-hydrogen) atoms. The van der Waals surface area contributed by atoms with Gasteiger partial charge in [0, 0.05) is 6.54 Å². The molecule has 1 aliphatic heterocycles. The molecule has 1 atom stereocenters. The second kappa shape index (κ2) is 7.82. The maximum absolute atomic E-state index is 12.2. The van der Waals surface area contributed by atoms with Gasteiger partial charge in [-0.25, -0.2) is 9.67 Å². The third-order valence-corrected chi connectivity index (χ3v) is 5.12. The van der Waals surface area contributed by atoms with E-state index in [4.69, 9.17) is 10.5 Å². The lowest BCUT2D eigenvalue weighted by Crippen LogP contribution is -2.42. The number of carbonyl (C=O) groups excluding carboxylic acids is 1. The zero-order chi connectivity index (χ0) is 19.5. The SMILES string of the molecule is COc1ccc(Cn2ncnc2CN2CCc3c[c]ccc3C2C(N)=O)cc1. The van der Waals surface area contributed by atoms with Crippen LogP contribution in [0.25, 0.3) is 0 Å². The Morgan fingerprint density at radius 3 is 2.86 bits per heavy atom. The number of nitrogens with zero attached hydrogens (tertiary/aromatic N) is 4. The molecule has 0 fully saturated rings. The number of aromatic nitrogens is 3. The number of ether oxygens (including phenoxy) is 1. The number of primary amides is 1. The summed E-state index contributed by atoms with van der Waals surface area (Å²) in [6.07, 6.45) is 2.40. The van der Waals surface area contributed by atoms with Crippen LogP contribution in [0.15, 0.2) is 48.8 Å². The average Bonchev–Trinajstić information content (AvgIpc) is 3.14. The lowest BCUT2D eigenvalue weighted by atomic mass is 9.92. The fourth-order valence-electron chi connectivity index (χ4n) is 3.68. The van der Waals surface area contributed by atoms with Gasteiger partial charge in [-0.3, -0.25) is 9.69 Å². The van der Waals surface area contributed by atoms with E-state index in [1.54, 1.807) is 13.4 Å². The lowest BCUT2D eigenvalue weighted by molar-refractivity contribution is -0.124. The van der Waals surface area contributed by atoms with Crippen LogP contribution in [0, 0.1) is 6.07 Å². The summed E-state index contributed by atoms with van der Waals surface area (Å²) in [4.78, 5) is 18.7. The summed E-state index contributed by atoms with van der Waals surface area (Å²) in [6.45, 7) is 1.83. The molecule has 1 aromatic heterocycles. The van der Waals surface area contributed by atoms with Crippen LogP contribution < -0.4 is 10.5 Å². The van der Waals surface area contributed by atoms with Crippen LogP contribution in [0.5, 0.6) is 5.75 Å². The zero-order valence-electron chi connectivity index (χ0n) is 15.7. The van der Waals surface area contributed by atoms with Gasteiger partial charge in [-0.1, -0.05) is 30.3 Å². The molecular formula is C21H22N5O2. The fraction of sp³-hybridized carbons (Fsp3) is 0.286. The number of methoxy groups -OCH3 is 1. The molecule has 0 spiro atoms. The highest BCUT2D eigenvalue weighted by molar-refractivity contribution is 5.82. The Morgan fingerprint density at radius 1 is 1.29 bits per heavy atom. The van der Waals surface area contributed by atoms with E-state index in [1.165, 1.54) is 0 Å². The van der Waals surface area contributed by atoms with Crippen LogP contribution in [-0.2, 0) is 24.3 Å². The predicted octanol–water partition coefficient (Wildman–Crippen LogP) is 1.72. The van der Waals surface area contributed by atoms with Crippen molar-refractivity contribution in [3.8, 4) is 5.75 Å². The van der Waals surface area contributed by atoms with Crippen LogP contribution in [0.2, 0.25) is 0 Å². The Kier molecular flexibility index (Phi) is 5.08. The Bertz CT molecular complexity index is 967. The van der Waals surface area contributed by atoms with Crippen molar-refractivity contribution in [1.29, 1.82) is 0 Å². The third-order valence-electron chi connectivity index (χ3n) is 5.12. The first kappa shape index (κ1) is 18.2. The third kappa shape index (κ3) is 3.61. The van der Waals surface area contributed by atoms with Gasteiger partial charge in [0.15, 0.2) is 0 Å². The van der Waals surface area contributed by atoms with Gasteiger partial charge in [0.2, 0.25) is 5.91 Å². The van der Waals surface area contributed by atoms with Gasteiger partial charge in [0.05, 0.1) is 20.2 Å². The molecule has 1 radical (unpaired) electrons. The molecule has 2 N–H and O–H groups in total. The van der Waals surface area contributed by atoms with E-state index in [-0.39, 0.29) is 5.91 Å². The highest BCUT2D eigenvalue weighted by atomic mass is 16.5. The highest BCUT2D eigenvalue weighted by Crippen LogP contribution is 2.30. The predicted molar refractivity (Wildman–Crippen MR) is 103 cm³/mol. The first-order valence-corrected chi connectivity index (χ1v) is 9.17. The molecule has 1 unspecified atom stereocenters. The largest absolute Gasteiger partial charge is 0.497 e. The van der Waals surface area contributed by atoms with Crippen molar-refractivity contribution in [2.75, 3.05) is 13.7 Å². The molecule has 2 aromatic carbocycles. The van der Waals surface area contributed by atoms with Crippen molar-refractivity contribution in [2.24, 2.45) is 5.73 Å². The average molecular weight is 376 g/mol. The molecular weight excluding hydrogens is 354 g/mol. The number of rotatable bonds is 6. The Hall–Kier alpha value is -3.19. The first-order chi connectivity index (χ1) is 13.7. The molecule has 143 valence electrons. The van der Waals surface area contributed by atoms with Gasteiger partial charge in [-0.2, -0.15) is 5.10 Å². The molecule has 3 aromatic rings. The molecule has 4 rings (SSSR count). The summed E-state index contributed by atoms with van der Waals surface area (Å²) in [5.41, 5.74) is 8.92. The van der Waals surface area contributed by atoms with Gasteiger partial charge in [-0.15, -0.1) is 0 Å².